The number of nitrogens with two attached hydrogens (primary N) is 1. The maximum Gasteiger partial charge on any atom is 0.320 e. The summed E-state index contributed by atoms with van der Waals surface area (Å²) in [6.07, 6.45) is 0.168. The summed E-state index contributed by atoms with van der Waals surface area (Å²) in [7, 11) is 0. The second-order valence-electron chi connectivity index (χ2n) is 4.69. The van der Waals surface area contributed by atoms with E-state index in [1.54, 1.807) is 0 Å². The Bertz CT molecular complexity index is 813. The number of aromatic amines is 1. The number of aliphatic carboxylic acids is 1. The summed E-state index contributed by atoms with van der Waals surface area (Å²) in [6.45, 7) is 0. The molecule has 0 saturated carbocycles. The highest BCUT2D eigenvalue weighted by atomic mass is 35.5. The van der Waals surface area contributed by atoms with Gasteiger partial charge in [0.15, 0.2) is 0 Å². The summed E-state index contributed by atoms with van der Waals surface area (Å²) in [6, 6.07) is 8.55. The van der Waals surface area contributed by atoms with E-state index in [-0.39, 0.29) is 6.42 Å². The highest BCUT2D eigenvalue weighted by molar-refractivity contribution is 6.31. The van der Waals surface area contributed by atoms with E-state index in [9.17, 15) is 4.79 Å². The number of H-pyrrole nitrogens is 1. The molecule has 0 unspecified atom stereocenters. The Morgan fingerprint density at radius 1 is 1.35 bits per heavy atom. The molecule has 0 aliphatic heterocycles. The number of halogens is 1. The fraction of sp³-hybridized carbons (Fsp3) is 0.143. The average Bonchev–Trinajstić information content (AvgIpc) is 2.76. The average molecular weight is 290 g/mol. The molecule has 0 saturated heterocycles. The van der Waals surface area contributed by atoms with E-state index in [4.69, 9.17) is 22.4 Å². The highest BCUT2D eigenvalue weighted by Crippen LogP contribution is 2.24. The molecule has 3 aromatic rings. The molecule has 0 bridgehead atoms. The zero-order valence-electron chi connectivity index (χ0n) is 10.4. The van der Waals surface area contributed by atoms with Crippen molar-refractivity contribution < 1.29 is 9.90 Å². The zero-order chi connectivity index (χ0) is 14.3. The number of nitrogens with zero attached hydrogens (tertiary/aromatic N) is 1. The van der Waals surface area contributed by atoms with Crippen LogP contribution in [0.25, 0.3) is 21.8 Å². The van der Waals surface area contributed by atoms with Crippen molar-refractivity contribution in [2.75, 3.05) is 0 Å². The molecule has 6 heteroatoms. The van der Waals surface area contributed by atoms with E-state index in [0.717, 1.165) is 21.8 Å². The third-order valence-corrected chi connectivity index (χ3v) is 3.42. The van der Waals surface area contributed by atoms with E-state index in [1.165, 1.54) is 0 Å². The Kier molecular flexibility index (Phi) is 3.08. The predicted molar refractivity (Wildman–Crippen MR) is 77.9 cm³/mol. The predicted octanol–water partition coefficient (Wildman–Crippen LogP) is 2.32. The van der Waals surface area contributed by atoms with Crippen molar-refractivity contribution in [2.45, 2.75) is 12.5 Å². The number of nitrogens with one attached hydrogen (secondary N) is 1. The van der Waals surface area contributed by atoms with Gasteiger partial charge in [0.2, 0.25) is 0 Å². The number of imidazole rings is 1. The fourth-order valence-corrected chi connectivity index (χ4v) is 2.35. The van der Waals surface area contributed by atoms with Gasteiger partial charge in [-0.05, 0) is 35.0 Å². The lowest BCUT2D eigenvalue weighted by atomic mass is 10.1. The lowest BCUT2D eigenvalue weighted by Gasteiger charge is -2.01. The van der Waals surface area contributed by atoms with Gasteiger partial charge in [-0.15, -0.1) is 0 Å². The number of carboxylic acid groups (broad SMARTS) is 1. The summed E-state index contributed by atoms with van der Waals surface area (Å²) in [5.41, 5.74) is 7.14. The Balaban J connectivity index is 2.06. The summed E-state index contributed by atoms with van der Waals surface area (Å²) in [4.78, 5) is 18.2. The van der Waals surface area contributed by atoms with Crippen molar-refractivity contribution in [1.82, 2.24) is 9.97 Å². The first kappa shape index (κ1) is 12.9. The van der Waals surface area contributed by atoms with Gasteiger partial charge >= 0.3 is 5.97 Å². The summed E-state index contributed by atoms with van der Waals surface area (Å²) >= 11 is 5.97. The fourth-order valence-electron chi connectivity index (χ4n) is 2.17. The van der Waals surface area contributed by atoms with Crippen molar-refractivity contribution in [3.8, 4) is 0 Å². The van der Waals surface area contributed by atoms with Crippen LogP contribution in [0.15, 0.2) is 30.3 Å². The standard InChI is InChI=1S/C14H12ClN3O2/c15-9-2-1-7-4-11-12(5-8(7)3-9)18-13(17-11)6-10(16)14(19)20/h1-5,10H,6,16H2,(H,17,18)(H,19,20)/t10-/m0/s1. The van der Waals surface area contributed by atoms with Gasteiger partial charge in [-0.3, -0.25) is 4.79 Å². The number of carbonyl (C=O) groups is 1. The lowest BCUT2D eigenvalue weighted by molar-refractivity contribution is -0.138. The second kappa shape index (κ2) is 4.77. The van der Waals surface area contributed by atoms with Crippen LogP contribution in [-0.4, -0.2) is 27.1 Å². The third kappa shape index (κ3) is 2.33. The minimum Gasteiger partial charge on any atom is -0.480 e. The van der Waals surface area contributed by atoms with Gasteiger partial charge in [-0.1, -0.05) is 17.7 Å². The first-order valence-corrected chi connectivity index (χ1v) is 6.47. The van der Waals surface area contributed by atoms with Gasteiger partial charge in [-0.25, -0.2) is 4.98 Å². The molecule has 4 N–H and O–H groups in total. The Labute approximate surface area is 119 Å². The number of hydrogen-bond donors (Lipinski definition) is 3. The van der Waals surface area contributed by atoms with Crippen LogP contribution in [-0.2, 0) is 11.2 Å². The van der Waals surface area contributed by atoms with Gasteiger partial charge in [0.05, 0.1) is 11.0 Å². The van der Waals surface area contributed by atoms with Crippen LogP contribution in [0.4, 0.5) is 0 Å². The van der Waals surface area contributed by atoms with Crippen LogP contribution in [0.5, 0.6) is 0 Å². The Morgan fingerprint density at radius 2 is 2.15 bits per heavy atom. The molecule has 0 amide bonds. The number of aromatic nitrogens is 2. The van der Waals surface area contributed by atoms with Crippen molar-refractivity contribution in [2.24, 2.45) is 5.73 Å². The molecule has 1 atom stereocenters. The van der Waals surface area contributed by atoms with E-state index in [2.05, 4.69) is 9.97 Å². The monoisotopic (exact) mass is 289 g/mol. The third-order valence-electron chi connectivity index (χ3n) is 3.18. The quantitative estimate of drug-likeness (QED) is 0.690. The van der Waals surface area contributed by atoms with Gasteiger partial charge in [0.25, 0.3) is 0 Å². The molecule has 0 aliphatic carbocycles. The van der Waals surface area contributed by atoms with E-state index < -0.39 is 12.0 Å². The molecular formula is C14H12ClN3O2. The van der Waals surface area contributed by atoms with Gasteiger partial charge in [-0.2, -0.15) is 0 Å². The first-order chi connectivity index (χ1) is 9.52. The molecule has 0 spiro atoms. The van der Waals surface area contributed by atoms with Crippen molar-refractivity contribution >= 4 is 39.4 Å². The summed E-state index contributed by atoms with van der Waals surface area (Å²) in [5.74, 6) is -0.473. The Hall–Kier alpha value is -2.11. The van der Waals surface area contributed by atoms with E-state index >= 15 is 0 Å². The van der Waals surface area contributed by atoms with Crippen molar-refractivity contribution in [3.63, 3.8) is 0 Å². The second-order valence-corrected chi connectivity index (χ2v) is 5.13. The molecular weight excluding hydrogens is 278 g/mol. The zero-order valence-corrected chi connectivity index (χ0v) is 11.2. The SMILES string of the molecule is N[C@@H](Cc1nc2cc3ccc(Cl)cc3cc2[nH]1)C(=O)O. The first-order valence-electron chi connectivity index (χ1n) is 6.09. The molecule has 1 heterocycles. The summed E-state index contributed by atoms with van der Waals surface area (Å²) in [5, 5.41) is 11.5. The minimum absolute atomic E-state index is 0.168. The van der Waals surface area contributed by atoms with Gasteiger partial charge in [0.1, 0.15) is 11.9 Å². The van der Waals surface area contributed by atoms with Crippen LogP contribution in [0.3, 0.4) is 0 Å². The van der Waals surface area contributed by atoms with Crippen LogP contribution < -0.4 is 5.73 Å². The van der Waals surface area contributed by atoms with Gasteiger partial charge < -0.3 is 15.8 Å². The van der Waals surface area contributed by atoms with E-state index in [0.29, 0.717) is 10.8 Å². The molecule has 3 rings (SSSR count). The number of benzene rings is 2. The lowest BCUT2D eigenvalue weighted by Crippen LogP contribution is -2.32. The molecule has 20 heavy (non-hydrogen) atoms. The van der Waals surface area contributed by atoms with Gasteiger partial charge in [0, 0.05) is 11.4 Å². The van der Waals surface area contributed by atoms with Crippen LogP contribution in [0, 0.1) is 0 Å². The molecule has 5 nitrogen and oxygen atoms in total. The van der Waals surface area contributed by atoms with Crippen LogP contribution >= 0.6 is 11.6 Å². The summed E-state index contributed by atoms with van der Waals surface area (Å²) < 4.78 is 0. The number of carboxylic acids is 1. The van der Waals surface area contributed by atoms with Crippen molar-refractivity contribution in [3.05, 3.63) is 41.2 Å². The topological polar surface area (TPSA) is 92.0 Å². The van der Waals surface area contributed by atoms with Crippen LogP contribution in [0.2, 0.25) is 5.02 Å². The molecule has 0 aliphatic rings. The molecule has 0 fully saturated rings. The molecule has 102 valence electrons. The highest BCUT2D eigenvalue weighted by Gasteiger charge is 2.15. The smallest absolute Gasteiger partial charge is 0.320 e. The van der Waals surface area contributed by atoms with Crippen molar-refractivity contribution in [1.29, 1.82) is 0 Å². The number of fused-ring (bicyclic) bond motifs is 2. The molecule has 0 radical (unpaired) electrons. The largest absolute Gasteiger partial charge is 0.480 e. The van der Waals surface area contributed by atoms with Crippen LogP contribution in [0.1, 0.15) is 5.82 Å². The number of hydrogen-bond acceptors (Lipinski definition) is 3. The number of rotatable bonds is 3. The molecule has 2 aromatic carbocycles. The Morgan fingerprint density at radius 3 is 2.90 bits per heavy atom. The maximum atomic E-state index is 10.8. The van der Waals surface area contributed by atoms with E-state index in [1.807, 2.05) is 30.3 Å². The minimum atomic E-state index is -1.04. The maximum absolute atomic E-state index is 10.8. The normalized spacial score (nSPS) is 12.9. The molecule has 1 aromatic heterocycles.